The average Bonchev–Trinajstić information content (AvgIpc) is 2.34. The largest absolute Gasteiger partial charge is 0.321 e. The third-order valence-corrected chi connectivity index (χ3v) is 3.37. The van der Waals surface area contributed by atoms with Crippen LogP contribution in [0.2, 0.25) is 0 Å². The number of pyridine rings is 1. The molecule has 0 aliphatic carbocycles. The van der Waals surface area contributed by atoms with Gasteiger partial charge in [-0.2, -0.15) is 4.39 Å². The molecule has 1 N–H and O–H groups in total. The number of nitrogens with zero attached hydrogens (tertiary/aromatic N) is 1. The van der Waals surface area contributed by atoms with Crippen LogP contribution in [0.3, 0.4) is 0 Å². The van der Waals surface area contributed by atoms with Gasteiger partial charge in [0.1, 0.15) is 0 Å². The first-order valence-corrected chi connectivity index (χ1v) is 6.53. The monoisotopic (exact) mass is 372 g/mol. The van der Waals surface area contributed by atoms with E-state index in [4.69, 9.17) is 0 Å². The van der Waals surface area contributed by atoms with Gasteiger partial charge in [-0.3, -0.25) is 4.79 Å². The highest BCUT2D eigenvalue weighted by molar-refractivity contribution is 9.11. The van der Waals surface area contributed by atoms with Gasteiger partial charge in [0.25, 0.3) is 5.91 Å². The number of amides is 1. The van der Waals surface area contributed by atoms with Crippen LogP contribution in [-0.2, 0) is 0 Å². The highest BCUT2D eigenvalue weighted by atomic mass is 79.9. The summed E-state index contributed by atoms with van der Waals surface area (Å²) < 4.78 is 14.9. The number of aromatic nitrogens is 1. The highest BCUT2D eigenvalue weighted by Crippen LogP contribution is 2.26. The normalized spacial score (nSPS) is 10.2. The van der Waals surface area contributed by atoms with Crippen molar-refractivity contribution in [2.45, 2.75) is 0 Å². The van der Waals surface area contributed by atoms with Crippen molar-refractivity contribution in [3.05, 3.63) is 57.0 Å². The fraction of sp³-hybridized carbons (Fsp3) is 0. The molecule has 0 saturated carbocycles. The molecule has 1 heterocycles. The molecule has 0 bridgehead atoms. The molecule has 0 unspecified atom stereocenters. The van der Waals surface area contributed by atoms with Crippen molar-refractivity contribution in [3.63, 3.8) is 0 Å². The Kier molecular flexibility index (Phi) is 4.08. The number of benzene rings is 1. The van der Waals surface area contributed by atoms with Crippen LogP contribution in [0.5, 0.6) is 0 Å². The lowest BCUT2D eigenvalue weighted by molar-refractivity contribution is 0.102. The van der Waals surface area contributed by atoms with E-state index in [0.29, 0.717) is 10.2 Å². The minimum Gasteiger partial charge on any atom is -0.321 e. The Hall–Kier alpha value is -1.27. The zero-order valence-electron chi connectivity index (χ0n) is 8.95. The van der Waals surface area contributed by atoms with Crippen molar-refractivity contribution in [1.82, 2.24) is 4.98 Å². The smallest absolute Gasteiger partial charge is 0.260 e. The SMILES string of the molecule is O=C(Nc1cc(Br)ccc1Br)c1cccnc1F. The van der Waals surface area contributed by atoms with Crippen molar-refractivity contribution in [2.24, 2.45) is 0 Å². The second-order valence-electron chi connectivity index (χ2n) is 3.42. The minimum atomic E-state index is -0.791. The maximum Gasteiger partial charge on any atom is 0.260 e. The molecule has 0 fully saturated rings. The van der Waals surface area contributed by atoms with Gasteiger partial charge in [-0.25, -0.2) is 4.98 Å². The zero-order chi connectivity index (χ0) is 13.1. The molecule has 0 radical (unpaired) electrons. The zero-order valence-corrected chi connectivity index (χ0v) is 12.1. The van der Waals surface area contributed by atoms with Gasteiger partial charge >= 0.3 is 0 Å². The summed E-state index contributed by atoms with van der Waals surface area (Å²) in [5.41, 5.74) is 0.460. The minimum absolute atomic E-state index is 0.0932. The number of hydrogen-bond donors (Lipinski definition) is 1. The Morgan fingerprint density at radius 3 is 2.78 bits per heavy atom. The van der Waals surface area contributed by atoms with E-state index in [1.807, 2.05) is 6.07 Å². The summed E-state index contributed by atoms with van der Waals surface area (Å²) in [4.78, 5) is 15.3. The number of anilines is 1. The van der Waals surface area contributed by atoms with Crippen molar-refractivity contribution >= 4 is 43.5 Å². The van der Waals surface area contributed by atoms with Crippen molar-refractivity contribution in [3.8, 4) is 0 Å². The second kappa shape index (κ2) is 5.58. The number of hydrogen-bond acceptors (Lipinski definition) is 2. The van der Waals surface area contributed by atoms with E-state index in [1.165, 1.54) is 18.3 Å². The summed E-state index contributed by atoms with van der Waals surface area (Å²) in [6.45, 7) is 0. The van der Waals surface area contributed by atoms with Crippen molar-refractivity contribution in [1.29, 1.82) is 0 Å². The maximum absolute atomic E-state index is 13.3. The van der Waals surface area contributed by atoms with Gasteiger partial charge in [-0.05, 0) is 46.3 Å². The topological polar surface area (TPSA) is 42.0 Å². The fourth-order valence-corrected chi connectivity index (χ4v) is 2.05. The van der Waals surface area contributed by atoms with Crippen molar-refractivity contribution < 1.29 is 9.18 Å². The lowest BCUT2D eigenvalue weighted by Gasteiger charge is -2.08. The number of rotatable bonds is 2. The summed E-state index contributed by atoms with van der Waals surface area (Å²) in [5, 5.41) is 2.61. The molecule has 92 valence electrons. The molecule has 1 aromatic carbocycles. The van der Waals surface area contributed by atoms with Crippen LogP contribution in [0, 0.1) is 5.95 Å². The predicted molar refractivity (Wildman–Crippen MR) is 74.0 cm³/mol. The van der Waals surface area contributed by atoms with Crippen LogP contribution in [0.1, 0.15) is 10.4 Å². The quantitative estimate of drug-likeness (QED) is 0.808. The molecular weight excluding hydrogens is 367 g/mol. The molecule has 18 heavy (non-hydrogen) atoms. The number of nitrogens with one attached hydrogen (secondary N) is 1. The van der Waals surface area contributed by atoms with E-state index in [0.717, 1.165) is 4.47 Å². The summed E-state index contributed by atoms with van der Waals surface area (Å²) in [7, 11) is 0. The molecule has 0 atom stereocenters. The standard InChI is InChI=1S/C12H7Br2FN2O/c13-7-3-4-9(14)10(6-7)17-12(18)8-2-1-5-16-11(8)15/h1-6H,(H,17,18). The molecule has 2 rings (SSSR count). The van der Waals surface area contributed by atoms with Crippen LogP contribution < -0.4 is 5.32 Å². The van der Waals surface area contributed by atoms with Crippen molar-refractivity contribution in [2.75, 3.05) is 5.32 Å². The van der Waals surface area contributed by atoms with Crippen LogP contribution in [0.4, 0.5) is 10.1 Å². The Labute approximate surface area is 120 Å². The molecular formula is C12H7Br2FN2O. The summed E-state index contributed by atoms with van der Waals surface area (Å²) in [5.74, 6) is -1.33. The molecule has 0 saturated heterocycles. The highest BCUT2D eigenvalue weighted by Gasteiger charge is 2.13. The third kappa shape index (κ3) is 2.94. The number of carbonyl (C=O) groups excluding carboxylic acids is 1. The first-order valence-electron chi connectivity index (χ1n) is 4.95. The van der Waals surface area contributed by atoms with Crippen LogP contribution >= 0.6 is 31.9 Å². The molecule has 0 aliphatic heterocycles. The van der Waals surface area contributed by atoms with Crippen LogP contribution in [0.25, 0.3) is 0 Å². The summed E-state index contributed by atoms with van der Waals surface area (Å²) >= 11 is 6.60. The van der Waals surface area contributed by atoms with Gasteiger partial charge in [-0.1, -0.05) is 15.9 Å². The van der Waals surface area contributed by atoms with Gasteiger partial charge in [0.15, 0.2) is 0 Å². The molecule has 1 aromatic heterocycles. The third-order valence-electron chi connectivity index (χ3n) is 2.18. The molecule has 6 heteroatoms. The molecule has 3 nitrogen and oxygen atoms in total. The maximum atomic E-state index is 13.3. The Morgan fingerprint density at radius 2 is 2.06 bits per heavy atom. The van der Waals surface area contributed by atoms with E-state index in [1.54, 1.807) is 12.1 Å². The van der Waals surface area contributed by atoms with E-state index in [2.05, 4.69) is 42.2 Å². The fourth-order valence-electron chi connectivity index (χ4n) is 1.34. The average molecular weight is 374 g/mol. The number of halogens is 3. The molecule has 1 amide bonds. The Morgan fingerprint density at radius 1 is 1.28 bits per heavy atom. The first kappa shape index (κ1) is 13.2. The van der Waals surface area contributed by atoms with Gasteiger partial charge < -0.3 is 5.32 Å². The second-order valence-corrected chi connectivity index (χ2v) is 5.19. The van der Waals surface area contributed by atoms with Crippen LogP contribution in [-0.4, -0.2) is 10.9 Å². The Bertz CT molecular complexity index is 604. The van der Waals surface area contributed by atoms with Gasteiger partial charge in [0, 0.05) is 15.1 Å². The Balaban J connectivity index is 2.27. The van der Waals surface area contributed by atoms with Gasteiger partial charge in [-0.15, -0.1) is 0 Å². The number of carbonyl (C=O) groups is 1. The first-order chi connectivity index (χ1) is 8.58. The van der Waals surface area contributed by atoms with E-state index in [9.17, 15) is 9.18 Å². The van der Waals surface area contributed by atoms with Gasteiger partial charge in [0.2, 0.25) is 5.95 Å². The molecule has 0 spiro atoms. The molecule has 2 aromatic rings. The van der Waals surface area contributed by atoms with Crippen LogP contribution in [0.15, 0.2) is 45.5 Å². The van der Waals surface area contributed by atoms with E-state index in [-0.39, 0.29) is 5.56 Å². The lowest BCUT2D eigenvalue weighted by Crippen LogP contribution is -2.14. The van der Waals surface area contributed by atoms with E-state index < -0.39 is 11.9 Å². The van der Waals surface area contributed by atoms with Gasteiger partial charge in [0.05, 0.1) is 11.3 Å². The molecule has 0 aliphatic rings. The summed E-state index contributed by atoms with van der Waals surface area (Å²) in [6, 6.07) is 8.21. The predicted octanol–water partition coefficient (Wildman–Crippen LogP) is 4.00. The van der Waals surface area contributed by atoms with E-state index >= 15 is 0 Å². The lowest BCUT2D eigenvalue weighted by atomic mass is 10.2. The summed E-state index contributed by atoms with van der Waals surface area (Å²) in [6.07, 6.45) is 1.29.